The minimum absolute atomic E-state index is 0.104. The zero-order valence-electron chi connectivity index (χ0n) is 10.7. The van der Waals surface area contributed by atoms with Gasteiger partial charge in [-0.05, 0) is 24.5 Å². The summed E-state index contributed by atoms with van der Waals surface area (Å²) in [5.41, 5.74) is 0.104. The highest BCUT2D eigenvalue weighted by molar-refractivity contribution is 9.10. The number of nitrogens with one attached hydrogen (secondary N) is 1. The number of rotatable bonds is 4. The molecule has 0 aliphatic heterocycles. The Kier molecular flexibility index (Phi) is 4.44. The lowest BCUT2D eigenvalue weighted by molar-refractivity contribution is 0.0949. The summed E-state index contributed by atoms with van der Waals surface area (Å²) in [4.78, 5) is 11.9. The molecular weight excluding hydrogens is 368 g/mol. The van der Waals surface area contributed by atoms with Crippen LogP contribution in [-0.4, -0.2) is 20.4 Å². The number of carbonyl (C=O) groups is 1. The Morgan fingerprint density at radius 2 is 2.20 bits per heavy atom. The summed E-state index contributed by atoms with van der Waals surface area (Å²) in [6.45, 7) is 2.06. The SMILES string of the molecule is CCC1CC1NC(=O)c1cc(Br)cc(S(N)(=O)=O)c1Cl. The van der Waals surface area contributed by atoms with Crippen LogP contribution < -0.4 is 10.5 Å². The van der Waals surface area contributed by atoms with Crippen molar-refractivity contribution in [2.24, 2.45) is 11.1 Å². The summed E-state index contributed by atoms with van der Waals surface area (Å²) in [5.74, 6) is 0.102. The first kappa shape index (κ1) is 15.8. The van der Waals surface area contributed by atoms with Crippen molar-refractivity contribution < 1.29 is 13.2 Å². The number of hydrogen-bond acceptors (Lipinski definition) is 3. The Morgan fingerprint density at radius 1 is 1.55 bits per heavy atom. The molecule has 110 valence electrons. The second kappa shape index (κ2) is 5.63. The van der Waals surface area contributed by atoms with Crippen molar-refractivity contribution in [3.8, 4) is 0 Å². The Labute approximate surface area is 131 Å². The predicted molar refractivity (Wildman–Crippen MR) is 80.2 cm³/mol. The van der Waals surface area contributed by atoms with Crippen LogP contribution >= 0.6 is 27.5 Å². The fraction of sp³-hybridized carbons (Fsp3) is 0.417. The molecule has 2 atom stereocenters. The third kappa shape index (κ3) is 3.33. The van der Waals surface area contributed by atoms with Gasteiger partial charge in [0.2, 0.25) is 10.0 Å². The van der Waals surface area contributed by atoms with Gasteiger partial charge < -0.3 is 5.32 Å². The van der Waals surface area contributed by atoms with E-state index in [0.29, 0.717) is 10.4 Å². The third-order valence-electron chi connectivity index (χ3n) is 3.32. The van der Waals surface area contributed by atoms with E-state index in [1.807, 2.05) is 0 Å². The quantitative estimate of drug-likeness (QED) is 0.838. The summed E-state index contributed by atoms with van der Waals surface area (Å²) < 4.78 is 23.3. The van der Waals surface area contributed by atoms with Gasteiger partial charge in [-0.1, -0.05) is 40.9 Å². The maximum Gasteiger partial charge on any atom is 0.253 e. The van der Waals surface area contributed by atoms with E-state index in [1.54, 1.807) is 0 Å². The zero-order valence-corrected chi connectivity index (χ0v) is 13.8. The second-order valence-electron chi connectivity index (χ2n) is 4.79. The topological polar surface area (TPSA) is 89.3 Å². The highest BCUT2D eigenvalue weighted by Gasteiger charge is 2.37. The van der Waals surface area contributed by atoms with Crippen molar-refractivity contribution >= 4 is 43.5 Å². The number of amides is 1. The van der Waals surface area contributed by atoms with Crippen LogP contribution in [0, 0.1) is 5.92 Å². The maximum absolute atomic E-state index is 12.2. The van der Waals surface area contributed by atoms with Gasteiger partial charge in [-0.2, -0.15) is 0 Å². The average molecular weight is 382 g/mol. The van der Waals surface area contributed by atoms with Crippen LogP contribution in [0.2, 0.25) is 5.02 Å². The molecular formula is C12H14BrClN2O3S. The number of benzene rings is 1. The number of hydrogen-bond donors (Lipinski definition) is 2. The van der Waals surface area contributed by atoms with Crippen LogP contribution in [0.25, 0.3) is 0 Å². The first-order valence-electron chi connectivity index (χ1n) is 6.06. The van der Waals surface area contributed by atoms with Gasteiger partial charge in [-0.3, -0.25) is 4.79 Å². The molecule has 2 rings (SSSR count). The first-order valence-corrected chi connectivity index (χ1v) is 8.78. The van der Waals surface area contributed by atoms with E-state index in [2.05, 4.69) is 28.2 Å². The normalized spacial score (nSPS) is 21.6. The number of halogens is 2. The molecule has 0 saturated heterocycles. The average Bonchev–Trinajstić information content (AvgIpc) is 3.08. The van der Waals surface area contributed by atoms with E-state index in [4.69, 9.17) is 16.7 Å². The minimum atomic E-state index is -3.98. The molecule has 2 unspecified atom stereocenters. The van der Waals surface area contributed by atoms with Crippen LogP contribution in [0.15, 0.2) is 21.5 Å². The van der Waals surface area contributed by atoms with Crippen molar-refractivity contribution in [3.05, 3.63) is 27.2 Å². The van der Waals surface area contributed by atoms with Crippen molar-refractivity contribution in [2.75, 3.05) is 0 Å². The summed E-state index contributed by atoms with van der Waals surface area (Å²) in [7, 11) is -3.98. The third-order valence-corrected chi connectivity index (χ3v) is 5.23. The predicted octanol–water partition coefficient (Wildman–Crippen LogP) is 2.28. The molecule has 1 aromatic rings. The van der Waals surface area contributed by atoms with Crippen LogP contribution in [0.3, 0.4) is 0 Å². The molecule has 0 spiro atoms. The molecule has 8 heteroatoms. The summed E-state index contributed by atoms with van der Waals surface area (Å²) in [6, 6.07) is 2.90. The Hall–Kier alpha value is -0.630. The van der Waals surface area contributed by atoms with Gasteiger partial charge in [-0.15, -0.1) is 0 Å². The van der Waals surface area contributed by atoms with E-state index < -0.39 is 10.0 Å². The minimum Gasteiger partial charge on any atom is -0.349 e. The Bertz CT molecular complexity index is 663. The molecule has 0 radical (unpaired) electrons. The number of sulfonamides is 1. The smallest absolute Gasteiger partial charge is 0.253 e. The molecule has 1 aliphatic carbocycles. The van der Waals surface area contributed by atoms with Crippen molar-refractivity contribution in [1.29, 1.82) is 0 Å². The molecule has 1 fully saturated rings. The Morgan fingerprint density at radius 3 is 2.70 bits per heavy atom. The molecule has 0 heterocycles. The van der Waals surface area contributed by atoms with E-state index in [1.165, 1.54) is 12.1 Å². The second-order valence-corrected chi connectivity index (χ2v) is 7.62. The first-order chi connectivity index (χ1) is 9.24. The van der Waals surface area contributed by atoms with Gasteiger partial charge >= 0.3 is 0 Å². The summed E-state index contributed by atoms with van der Waals surface area (Å²) >= 11 is 9.15. The van der Waals surface area contributed by atoms with Gasteiger partial charge in [0.05, 0.1) is 10.6 Å². The molecule has 1 amide bonds. The van der Waals surface area contributed by atoms with E-state index >= 15 is 0 Å². The van der Waals surface area contributed by atoms with Crippen LogP contribution in [-0.2, 0) is 10.0 Å². The zero-order chi connectivity index (χ0) is 15.1. The summed E-state index contributed by atoms with van der Waals surface area (Å²) in [6.07, 6.45) is 1.94. The lowest BCUT2D eigenvalue weighted by Gasteiger charge is -2.10. The van der Waals surface area contributed by atoms with Gasteiger partial charge in [0, 0.05) is 10.5 Å². The molecule has 20 heavy (non-hydrogen) atoms. The summed E-state index contributed by atoms with van der Waals surface area (Å²) in [5, 5.41) is 7.77. The van der Waals surface area contributed by atoms with Gasteiger partial charge in [0.15, 0.2) is 0 Å². The van der Waals surface area contributed by atoms with E-state index in [-0.39, 0.29) is 27.4 Å². The van der Waals surface area contributed by atoms with Crippen molar-refractivity contribution in [3.63, 3.8) is 0 Å². The molecule has 5 nitrogen and oxygen atoms in total. The fourth-order valence-electron chi connectivity index (χ4n) is 2.06. The molecule has 0 aromatic heterocycles. The standard InChI is InChI=1S/C12H14BrClN2O3S/c1-2-6-3-9(6)16-12(17)8-4-7(13)5-10(11(8)14)20(15,18)19/h4-6,9H,2-3H2,1H3,(H,16,17)(H2,15,18,19). The highest BCUT2D eigenvalue weighted by Crippen LogP contribution is 2.34. The van der Waals surface area contributed by atoms with Gasteiger partial charge in [-0.25, -0.2) is 13.6 Å². The van der Waals surface area contributed by atoms with Crippen LogP contribution in [0.1, 0.15) is 30.1 Å². The van der Waals surface area contributed by atoms with E-state index in [9.17, 15) is 13.2 Å². The molecule has 1 aliphatic rings. The monoisotopic (exact) mass is 380 g/mol. The number of nitrogens with two attached hydrogens (primary N) is 1. The highest BCUT2D eigenvalue weighted by atomic mass is 79.9. The Balaban J connectivity index is 2.32. The maximum atomic E-state index is 12.2. The largest absolute Gasteiger partial charge is 0.349 e. The van der Waals surface area contributed by atoms with Crippen LogP contribution in [0.4, 0.5) is 0 Å². The number of primary sulfonamides is 1. The van der Waals surface area contributed by atoms with Crippen molar-refractivity contribution in [1.82, 2.24) is 5.32 Å². The van der Waals surface area contributed by atoms with E-state index in [0.717, 1.165) is 12.8 Å². The lowest BCUT2D eigenvalue weighted by Crippen LogP contribution is -2.27. The van der Waals surface area contributed by atoms with Gasteiger partial charge in [0.1, 0.15) is 4.90 Å². The molecule has 3 N–H and O–H groups in total. The van der Waals surface area contributed by atoms with Crippen molar-refractivity contribution in [2.45, 2.75) is 30.7 Å². The number of carbonyl (C=O) groups excluding carboxylic acids is 1. The fourth-order valence-corrected chi connectivity index (χ4v) is 3.84. The lowest BCUT2D eigenvalue weighted by atomic mass is 10.2. The molecule has 0 bridgehead atoms. The molecule has 1 aromatic carbocycles. The van der Waals surface area contributed by atoms with Gasteiger partial charge in [0.25, 0.3) is 5.91 Å². The van der Waals surface area contributed by atoms with Crippen LogP contribution in [0.5, 0.6) is 0 Å². The molecule has 1 saturated carbocycles.